The Morgan fingerprint density at radius 3 is 2.03 bits per heavy atom. The summed E-state index contributed by atoms with van der Waals surface area (Å²) in [6, 6.07) is 26.6. The zero-order valence-corrected chi connectivity index (χ0v) is 17.9. The van der Waals surface area contributed by atoms with Crippen LogP contribution in [0, 0.1) is 0 Å². The van der Waals surface area contributed by atoms with Crippen LogP contribution in [0.2, 0.25) is 0 Å². The third-order valence-electron chi connectivity index (χ3n) is 5.37. The second kappa shape index (κ2) is 9.09. The largest absolute Gasteiger partial charge is 0.378 e. The van der Waals surface area contributed by atoms with Gasteiger partial charge in [-0.15, -0.1) is 0 Å². The molecule has 0 aliphatic carbocycles. The number of Topliss-reactive ketones (excluding diaryl/α,β-unsaturated/α-hetero) is 1. The van der Waals surface area contributed by atoms with Gasteiger partial charge in [0.25, 0.3) is 0 Å². The van der Waals surface area contributed by atoms with Crippen molar-refractivity contribution in [2.45, 2.75) is 52.0 Å². The van der Waals surface area contributed by atoms with Crippen molar-refractivity contribution in [3.05, 3.63) is 101 Å². The van der Waals surface area contributed by atoms with Crippen molar-refractivity contribution in [2.24, 2.45) is 0 Å². The molecular weight excluding hydrogens is 354 g/mol. The first-order valence-corrected chi connectivity index (χ1v) is 10.4. The van der Waals surface area contributed by atoms with Gasteiger partial charge in [0.05, 0.1) is 6.04 Å². The first kappa shape index (κ1) is 20.9. The molecule has 3 aromatic carbocycles. The van der Waals surface area contributed by atoms with E-state index in [4.69, 9.17) is 0 Å². The van der Waals surface area contributed by atoms with Gasteiger partial charge in [-0.05, 0) is 40.7 Å². The normalized spacial score (nSPS) is 12.4. The van der Waals surface area contributed by atoms with Gasteiger partial charge in [-0.2, -0.15) is 0 Å². The van der Waals surface area contributed by atoms with Crippen molar-refractivity contribution in [1.82, 2.24) is 0 Å². The molecule has 0 aromatic heterocycles. The molecule has 0 radical (unpaired) electrons. The van der Waals surface area contributed by atoms with Gasteiger partial charge in [-0.1, -0.05) is 94.4 Å². The Bertz CT molecular complexity index is 919. The van der Waals surface area contributed by atoms with Crippen LogP contribution in [-0.4, -0.2) is 5.78 Å². The van der Waals surface area contributed by atoms with Gasteiger partial charge in [0.15, 0.2) is 5.78 Å². The minimum absolute atomic E-state index is 0.0789. The number of para-hydroxylation sites is 1. The highest BCUT2D eigenvalue weighted by atomic mass is 16.1. The fourth-order valence-electron chi connectivity index (χ4n) is 3.43. The minimum Gasteiger partial charge on any atom is -0.378 e. The summed E-state index contributed by atoms with van der Waals surface area (Å²) in [5.74, 6) is 0.154. The van der Waals surface area contributed by atoms with Crippen molar-refractivity contribution in [3.63, 3.8) is 0 Å². The summed E-state index contributed by atoms with van der Waals surface area (Å²) < 4.78 is 0. The molecule has 1 N–H and O–H groups in total. The Labute approximate surface area is 175 Å². The van der Waals surface area contributed by atoms with Crippen LogP contribution in [0.3, 0.4) is 0 Å². The number of nitrogens with one attached hydrogen (secondary N) is 1. The monoisotopic (exact) mass is 385 g/mol. The van der Waals surface area contributed by atoms with Crippen molar-refractivity contribution >= 4 is 11.5 Å². The van der Waals surface area contributed by atoms with Gasteiger partial charge in [-0.3, -0.25) is 4.79 Å². The highest BCUT2D eigenvalue weighted by Gasteiger charge is 2.19. The summed E-state index contributed by atoms with van der Waals surface area (Å²) >= 11 is 0. The minimum atomic E-state index is -0.0789. The summed E-state index contributed by atoms with van der Waals surface area (Å²) in [5, 5.41) is 3.56. The molecule has 1 atom stereocenters. The summed E-state index contributed by atoms with van der Waals surface area (Å²) in [7, 11) is 0. The van der Waals surface area contributed by atoms with Crippen molar-refractivity contribution in [1.29, 1.82) is 0 Å². The van der Waals surface area contributed by atoms with Gasteiger partial charge in [0.1, 0.15) is 0 Å². The molecule has 0 aliphatic heterocycles. The molecule has 3 aromatic rings. The van der Waals surface area contributed by atoms with Gasteiger partial charge < -0.3 is 5.32 Å². The van der Waals surface area contributed by atoms with Crippen LogP contribution in [-0.2, 0) is 11.8 Å². The molecule has 2 nitrogen and oxygen atoms in total. The van der Waals surface area contributed by atoms with Crippen LogP contribution in [0.15, 0.2) is 78.9 Å². The van der Waals surface area contributed by atoms with E-state index >= 15 is 0 Å². The second-order valence-corrected chi connectivity index (χ2v) is 8.61. The topological polar surface area (TPSA) is 29.1 Å². The molecule has 150 valence electrons. The Kier molecular flexibility index (Phi) is 6.53. The highest BCUT2D eigenvalue weighted by Crippen LogP contribution is 2.28. The third-order valence-corrected chi connectivity index (χ3v) is 5.37. The number of anilines is 1. The molecular formula is C27H31NO. The number of benzene rings is 3. The first-order chi connectivity index (χ1) is 13.9. The average Bonchev–Trinajstić information content (AvgIpc) is 2.73. The Morgan fingerprint density at radius 1 is 0.862 bits per heavy atom. The summed E-state index contributed by atoms with van der Waals surface area (Å²) in [6.45, 7) is 8.76. The zero-order valence-electron chi connectivity index (χ0n) is 17.9. The molecule has 0 unspecified atom stereocenters. The number of carbonyl (C=O) groups is 1. The van der Waals surface area contributed by atoms with E-state index in [9.17, 15) is 4.79 Å². The predicted octanol–water partition coefficient (Wildman–Crippen LogP) is 6.97. The number of hydrogen-bond donors (Lipinski definition) is 1. The van der Waals surface area contributed by atoms with Gasteiger partial charge in [-0.25, -0.2) is 0 Å². The van der Waals surface area contributed by atoms with Crippen LogP contribution in [0.5, 0.6) is 0 Å². The zero-order chi connectivity index (χ0) is 20.9. The standard InChI is InChI=1S/C27H31NO/c1-5-20-11-13-22(14-12-20)26(29)19-25(28-24-9-7-6-8-10-24)21-15-17-23(18-16-21)27(2,3)4/h6-18,25,28H,5,19H2,1-4H3/t25-/m0/s1. The van der Waals surface area contributed by atoms with E-state index in [1.54, 1.807) is 0 Å². The lowest BCUT2D eigenvalue weighted by Crippen LogP contribution is -2.17. The van der Waals surface area contributed by atoms with Crippen LogP contribution in [0.25, 0.3) is 0 Å². The third kappa shape index (κ3) is 5.57. The number of hydrogen-bond acceptors (Lipinski definition) is 2. The van der Waals surface area contributed by atoms with Gasteiger partial charge in [0, 0.05) is 17.7 Å². The number of rotatable bonds is 7. The Hall–Kier alpha value is -2.87. The lowest BCUT2D eigenvalue weighted by Gasteiger charge is -2.23. The van der Waals surface area contributed by atoms with E-state index in [1.165, 1.54) is 11.1 Å². The maximum Gasteiger partial charge on any atom is 0.165 e. The van der Waals surface area contributed by atoms with Crippen LogP contribution < -0.4 is 5.32 Å². The van der Waals surface area contributed by atoms with Crippen molar-refractivity contribution < 1.29 is 4.79 Å². The lowest BCUT2D eigenvalue weighted by atomic mass is 9.86. The Morgan fingerprint density at radius 2 is 1.48 bits per heavy atom. The van der Waals surface area contributed by atoms with E-state index < -0.39 is 0 Å². The molecule has 0 amide bonds. The van der Waals surface area contributed by atoms with Gasteiger partial charge in [0.2, 0.25) is 0 Å². The molecule has 29 heavy (non-hydrogen) atoms. The van der Waals surface area contributed by atoms with Crippen LogP contribution >= 0.6 is 0 Å². The quantitative estimate of drug-likeness (QED) is 0.445. The molecule has 3 rings (SSSR count). The molecule has 0 saturated heterocycles. The van der Waals surface area contributed by atoms with Crippen LogP contribution in [0.4, 0.5) is 5.69 Å². The molecule has 0 aliphatic rings. The molecule has 2 heteroatoms. The summed E-state index contributed by atoms with van der Waals surface area (Å²) in [6.07, 6.45) is 1.39. The lowest BCUT2D eigenvalue weighted by molar-refractivity contribution is 0.0976. The smallest absolute Gasteiger partial charge is 0.165 e. The highest BCUT2D eigenvalue weighted by molar-refractivity contribution is 5.96. The van der Waals surface area contributed by atoms with E-state index in [-0.39, 0.29) is 17.2 Å². The van der Waals surface area contributed by atoms with Crippen molar-refractivity contribution in [2.75, 3.05) is 5.32 Å². The van der Waals surface area contributed by atoms with E-state index in [0.29, 0.717) is 6.42 Å². The number of aryl methyl sites for hydroxylation is 1. The maximum atomic E-state index is 13.0. The second-order valence-electron chi connectivity index (χ2n) is 8.61. The van der Waals surface area contributed by atoms with Gasteiger partial charge >= 0.3 is 0 Å². The number of carbonyl (C=O) groups excluding carboxylic acids is 1. The molecule has 0 saturated carbocycles. The fourth-order valence-corrected chi connectivity index (χ4v) is 3.43. The fraction of sp³-hybridized carbons (Fsp3) is 0.296. The SMILES string of the molecule is CCc1ccc(C(=O)C[C@H](Nc2ccccc2)c2ccc(C(C)(C)C)cc2)cc1. The number of ketones is 1. The summed E-state index contributed by atoms with van der Waals surface area (Å²) in [5.41, 5.74) is 5.57. The summed E-state index contributed by atoms with van der Waals surface area (Å²) in [4.78, 5) is 13.0. The maximum absolute atomic E-state index is 13.0. The predicted molar refractivity (Wildman–Crippen MR) is 123 cm³/mol. The van der Waals surface area contributed by atoms with E-state index in [1.807, 2.05) is 54.6 Å². The van der Waals surface area contributed by atoms with E-state index in [2.05, 4.69) is 57.3 Å². The van der Waals surface area contributed by atoms with E-state index in [0.717, 1.165) is 23.2 Å². The molecule has 0 fully saturated rings. The average molecular weight is 386 g/mol. The van der Waals surface area contributed by atoms with Crippen LogP contribution in [0.1, 0.15) is 67.2 Å². The first-order valence-electron chi connectivity index (χ1n) is 10.4. The van der Waals surface area contributed by atoms with Crippen molar-refractivity contribution in [3.8, 4) is 0 Å². The molecule has 0 spiro atoms. The Balaban J connectivity index is 1.85. The molecule has 0 bridgehead atoms. The molecule has 0 heterocycles.